The van der Waals surface area contributed by atoms with Crippen LogP contribution in [0, 0.1) is 11.7 Å². The number of aromatic nitrogens is 3. The zero-order valence-corrected chi connectivity index (χ0v) is 17.5. The predicted octanol–water partition coefficient (Wildman–Crippen LogP) is 2.12. The summed E-state index contributed by atoms with van der Waals surface area (Å²) in [5, 5.41) is 7.10. The molecule has 1 amide bonds. The minimum absolute atomic E-state index is 0.141. The van der Waals surface area contributed by atoms with Crippen molar-refractivity contribution in [3.05, 3.63) is 72.4 Å². The number of carbonyl (C=O) groups is 1. The van der Waals surface area contributed by atoms with Crippen LogP contribution in [0.4, 0.5) is 4.39 Å². The van der Waals surface area contributed by atoms with Gasteiger partial charge in [0.15, 0.2) is 5.82 Å². The maximum absolute atomic E-state index is 14.0. The average Bonchev–Trinajstić information content (AvgIpc) is 3.33. The van der Waals surface area contributed by atoms with E-state index in [4.69, 9.17) is 0 Å². The van der Waals surface area contributed by atoms with E-state index >= 15 is 0 Å². The van der Waals surface area contributed by atoms with Gasteiger partial charge in [0.2, 0.25) is 15.9 Å². The van der Waals surface area contributed by atoms with Gasteiger partial charge in [-0.15, -0.1) is 0 Å². The molecule has 0 radical (unpaired) electrons. The lowest BCUT2D eigenvalue weighted by Gasteiger charge is -2.30. The van der Waals surface area contributed by atoms with Crippen LogP contribution in [-0.2, 0) is 21.4 Å². The lowest BCUT2D eigenvalue weighted by molar-refractivity contribution is -0.126. The lowest BCUT2D eigenvalue weighted by Crippen LogP contribution is -2.43. The van der Waals surface area contributed by atoms with E-state index in [9.17, 15) is 17.6 Å². The van der Waals surface area contributed by atoms with E-state index in [1.165, 1.54) is 22.5 Å². The van der Waals surface area contributed by atoms with Gasteiger partial charge in [0, 0.05) is 49.7 Å². The summed E-state index contributed by atoms with van der Waals surface area (Å²) in [5.74, 6) is -0.583. The normalized spacial score (nSPS) is 15.6. The highest BCUT2D eigenvalue weighted by Crippen LogP contribution is 2.25. The second kappa shape index (κ2) is 8.94. The van der Waals surface area contributed by atoms with Crippen LogP contribution in [0.3, 0.4) is 0 Å². The van der Waals surface area contributed by atoms with Crippen molar-refractivity contribution in [3.8, 4) is 5.82 Å². The number of amides is 1. The summed E-state index contributed by atoms with van der Waals surface area (Å²) in [4.78, 5) is 16.7. The quantitative estimate of drug-likeness (QED) is 0.630. The highest BCUT2D eigenvalue weighted by atomic mass is 32.2. The van der Waals surface area contributed by atoms with Gasteiger partial charge in [0.1, 0.15) is 10.7 Å². The van der Waals surface area contributed by atoms with Crippen molar-refractivity contribution in [1.82, 2.24) is 24.4 Å². The van der Waals surface area contributed by atoms with E-state index < -0.39 is 15.8 Å². The minimum Gasteiger partial charge on any atom is -0.352 e. The predicted molar refractivity (Wildman–Crippen MR) is 111 cm³/mol. The van der Waals surface area contributed by atoms with Crippen LogP contribution in [0.15, 0.2) is 66.0 Å². The Hall–Kier alpha value is -3.11. The maximum Gasteiger partial charge on any atom is 0.245 e. The number of carbonyl (C=O) groups excluding carboxylic acids is 1. The van der Waals surface area contributed by atoms with Crippen LogP contribution in [0.5, 0.6) is 0 Å². The van der Waals surface area contributed by atoms with Crippen molar-refractivity contribution >= 4 is 15.9 Å². The first-order valence-electron chi connectivity index (χ1n) is 9.93. The van der Waals surface area contributed by atoms with Crippen LogP contribution in [0.25, 0.3) is 5.82 Å². The molecule has 31 heavy (non-hydrogen) atoms. The average molecular weight is 444 g/mol. The smallest absolute Gasteiger partial charge is 0.245 e. The molecule has 1 saturated heterocycles. The fourth-order valence-electron chi connectivity index (χ4n) is 3.65. The molecule has 162 valence electrons. The molecular formula is C21H22FN5O3S. The molecule has 1 aromatic carbocycles. The second-order valence-corrected chi connectivity index (χ2v) is 9.17. The van der Waals surface area contributed by atoms with Gasteiger partial charge in [-0.05, 0) is 37.1 Å². The Labute approximate surface area is 179 Å². The molecule has 1 fully saturated rings. The van der Waals surface area contributed by atoms with E-state index in [1.54, 1.807) is 35.4 Å². The molecule has 3 aromatic rings. The van der Waals surface area contributed by atoms with Crippen LogP contribution in [0.2, 0.25) is 0 Å². The van der Waals surface area contributed by atoms with Gasteiger partial charge in [-0.1, -0.05) is 18.2 Å². The number of halogens is 1. The highest BCUT2D eigenvalue weighted by Gasteiger charge is 2.33. The monoisotopic (exact) mass is 443 g/mol. The van der Waals surface area contributed by atoms with Crippen molar-refractivity contribution in [1.29, 1.82) is 0 Å². The van der Waals surface area contributed by atoms with Gasteiger partial charge in [0.05, 0.1) is 0 Å². The molecule has 0 saturated carbocycles. The zero-order valence-electron chi connectivity index (χ0n) is 16.7. The molecule has 1 aliphatic rings. The summed E-state index contributed by atoms with van der Waals surface area (Å²) in [7, 11) is -3.92. The molecule has 0 unspecified atom stereocenters. The van der Waals surface area contributed by atoms with Gasteiger partial charge in [0.25, 0.3) is 0 Å². The lowest BCUT2D eigenvalue weighted by atomic mass is 9.97. The van der Waals surface area contributed by atoms with E-state index in [1.807, 2.05) is 6.07 Å². The Morgan fingerprint density at radius 2 is 1.87 bits per heavy atom. The summed E-state index contributed by atoms with van der Waals surface area (Å²) in [6.07, 6.45) is 5.84. The van der Waals surface area contributed by atoms with Gasteiger partial charge in [-0.2, -0.15) is 9.40 Å². The van der Waals surface area contributed by atoms with Crippen LogP contribution >= 0.6 is 0 Å². The first kappa shape index (κ1) is 21.1. The van der Waals surface area contributed by atoms with Gasteiger partial charge < -0.3 is 5.32 Å². The Balaban J connectivity index is 1.36. The summed E-state index contributed by atoms with van der Waals surface area (Å²) < 4.78 is 42.3. The third kappa shape index (κ3) is 4.49. The Morgan fingerprint density at radius 1 is 1.10 bits per heavy atom. The van der Waals surface area contributed by atoms with E-state index in [2.05, 4.69) is 15.4 Å². The molecule has 1 N–H and O–H groups in total. The third-order valence-electron chi connectivity index (χ3n) is 5.32. The van der Waals surface area contributed by atoms with E-state index in [-0.39, 0.29) is 36.4 Å². The Morgan fingerprint density at radius 3 is 2.58 bits per heavy atom. The first-order valence-corrected chi connectivity index (χ1v) is 11.4. The van der Waals surface area contributed by atoms with E-state index in [0.29, 0.717) is 18.7 Å². The second-order valence-electron chi connectivity index (χ2n) is 7.26. The molecule has 1 aliphatic heterocycles. The standard InChI is InChI=1S/C21H22FN5O3S/c22-18-6-1-2-7-19(18)31(29,30)26-13-8-16(9-14-26)21(28)24-15-17-5-3-10-23-20(17)27-12-4-11-25-27/h1-7,10-12,16H,8-9,13-15H2,(H,24,28). The summed E-state index contributed by atoms with van der Waals surface area (Å²) in [6, 6.07) is 10.8. The minimum atomic E-state index is -3.92. The highest BCUT2D eigenvalue weighted by molar-refractivity contribution is 7.89. The fraction of sp³-hybridized carbons (Fsp3) is 0.286. The van der Waals surface area contributed by atoms with Gasteiger partial charge >= 0.3 is 0 Å². The number of sulfonamides is 1. The summed E-state index contributed by atoms with van der Waals surface area (Å²) in [6.45, 7) is 0.621. The molecular weight excluding hydrogens is 421 g/mol. The topological polar surface area (TPSA) is 97.2 Å². The molecule has 0 spiro atoms. The molecule has 8 nitrogen and oxygen atoms in total. The van der Waals surface area contributed by atoms with Crippen molar-refractivity contribution in [2.75, 3.05) is 13.1 Å². The van der Waals surface area contributed by atoms with Gasteiger partial charge in [-0.3, -0.25) is 4.79 Å². The van der Waals surface area contributed by atoms with Crippen molar-refractivity contribution in [2.45, 2.75) is 24.3 Å². The third-order valence-corrected chi connectivity index (χ3v) is 7.25. The Bertz CT molecular complexity index is 1160. The molecule has 10 heteroatoms. The summed E-state index contributed by atoms with van der Waals surface area (Å²) in [5.41, 5.74) is 0.819. The van der Waals surface area contributed by atoms with Gasteiger partial charge in [-0.25, -0.2) is 22.5 Å². The number of hydrogen-bond acceptors (Lipinski definition) is 5. The zero-order chi connectivity index (χ0) is 21.8. The van der Waals surface area contributed by atoms with Crippen molar-refractivity contribution in [3.63, 3.8) is 0 Å². The van der Waals surface area contributed by atoms with Crippen molar-refractivity contribution in [2.24, 2.45) is 5.92 Å². The SMILES string of the molecule is O=C(NCc1cccnc1-n1cccn1)C1CCN(S(=O)(=O)c2ccccc2F)CC1. The number of piperidine rings is 1. The number of pyridine rings is 1. The number of nitrogens with one attached hydrogen (secondary N) is 1. The number of rotatable bonds is 6. The molecule has 0 aliphatic carbocycles. The number of hydrogen-bond donors (Lipinski definition) is 1. The molecule has 0 atom stereocenters. The molecule has 3 heterocycles. The Kier molecular flexibility index (Phi) is 6.10. The maximum atomic E-state index is 14.0. The summed E-state index contributed by atoms with van der Waals surface area (Å²) >= 11 is 0. The van der Waals surface area contributed by atoms with Crippen molar-refractivity contribution < 1.29 is 17.6 Å². The molecule has 2 aromatic heterocycles. The molecule has 0 bridgehead atoms. The largest absolute Gasteiger partial charge is 0.352 e. The van der Waals surface area contributed by atoms with Crippen LogP contribution < -0.4 is 5.32 Å². The first-order chi connectivity index (χ1) is 15.0. The van der Waals surface area contributed by atoms with Crippen LogP contribution in [0.1, 0.15) is 18.4 Å². The fourth-order valence-corrected chi connectivity index (χ4v) is 5.18. The number of benzene rings is 1. The van der Waals surface area contributed by atoms with Crippen LogP contribution in [-0.4, -0.2) is 46.5 Å². The molecule has 4 rings (SSSR count). The van der Waals surface area contributed by atoms with E-state index in [0.717, 1.165) is 11.6 Å². The number of nitrogens with zero attached hydrogens (tertiary/aromatic N) is 4.